The van der Waals surface area contributed by atoms with Gasteiger partial charge in [0, 0.05) is 43.9 Å². The molecule has 50 heavy (non-hydrogen) atoms. The summed E-state index contributed by atoms with van der Waals surface area (Å²) in [6.45, 7) is 6.69. The van der Waals surface area contributed by atoms with Crippen molar-refractivity contribution in [2.75, 3.05) is 0 Å². The van der Waals surface area contributed by atoms with Gasteiger partial charge in [0.05, 0.1) is 39.1 Å². The first-order valence-electron chi connectivity index (χ1n) is 17.2. The zero-order valence-corrected chi connectivity index (χ0v) is 27.7. The Bertz CT molecular complexity index is 2890. The Morgan fingerprint density at radius 1 is 0.420 bits per heavy atom. The van der Waals surface area contributed by atoms with Crippen molar-refractivity contribution in [2.24, 2.45) is 0 Å². The molecular weight excluding hydrogens is 607 g/mol. The van der Waals surface area contributed by atoms with Gasteiger partial charge in [-0.25, -0.2) is 0 Å². The van der Waals surface area contributed by atoms with Crippen LogP contribution in [0.1, 0.15) is 11.3 Å². The molecule has 0 aliphatic carbocycles. The van der Waals surface area contributed by atoms with Crippen LogP contribution >= 0.6 is 0 Å². The number of benzene rings is 7. The average molecular weight is 640 g/mol. The summed E-state index contributed by atoms with van der Waals surface area (Å²) >= 11 is 0. The fourth-order valence-electron chi connectivity index (χ4n) is 8.29. The number of hydrogen-bond donors (Lipinski definition) is 0. The Hall–Kier alpha value is -6.58. The monoisotopic (exact) mass is 639 g/mol. The molecule has 3 heterocycles. The predicted molar refractivity (Wildman–Crippen MR) is 212 cm³/mol. The Kier molecular flexibility index (Phi) is 6.24. The van der Waals surface area contributed by atoms with Gasteiger partial charge in [0.2, 0.25) is 0 Å². The third-order valence-electron chi connectivity index (χ3n) is 10.4. The van der Waals surface area contributed by atoms with E-state index in [1.807, 2.05) is 6.08 Å². The summed E-state index contributed by atoms with van der Waals surface area (Å²) in [6, 6.07) is 59.1. The van der Waals surface area contributed by atoms with Gasteiger partial charge < -0.3 is 13.7 Å². The molecule has 0 aliphatic rings. The van der Waals surface area contributed by atoms with Gasteiger partial charge >= 0.3 is 0 Å². The molecule has 0 saturated heterocycles. The number of rotatable bonds is 5. The first-order valence-corrected chi connectivity index (χ1v) is 17.2. The van der Waals surface area contributed by atoms with Crippen molar-refractivity contribution in [1.29, 1.82) is 0 Å². The van der Waals surface area contributed by atoms with E-state index in [4.69, 9.17) is 0 Å². The zero-order chi connectivity index (χ0) is 33.3. The van der Waals surface area contributed by atoms with Gasteiger partial charge in [0.1, 0.15) is 0 Å². The Labute approximate surface area is 290 Å². The fourth-order valence-corrected chi connectivity index (χ4v) is 8.29. The van der Waals surface area contributed by atoms with Crippen molar-refractivity contribution in [3.05, 3.63) is 182 Å². The predicted octanol–water partition coefficient (Wildman–Crippen LogP) is 12.4. The third kappa shape index (κ3) is 3.98. The van der Waals surface area contributed by atoms with Crippen LogP contribution < -0.4 is 0 Å². The van der Waals surface area contributed by atoms with Crippen LogP contribution in [0.4, 0.5) is 0 Å². The standard InChI is InChI=1S/C47H33N3/c1-3-40-46(47-31(2)35-17-6-10-22-41(35)50(47)42-26-14-16-32-15-4-5-18-36(32)42)39-21-9-13-25-45(39)48(40)33-27-29-34(30-28-33)49-43-23-11-7-19-37(43)38-20-8-12-24-44(38)49/h3-30H,1H2,2H3. The van der Waals surface area contributed by atoms with Crippen molar-refractivity contribution in [3.8, 4) is 28.3 Å². The van der Waals surface area contributed by atoms with E-state index in [1.165, 1.54) is 71.4 Å². The number of aryl methyl sites for hydroxylation is 1. The highest BCUT2D eigenvalue weighted by atomic mass is 15.0. The number of fused-ring (bicyclic) bond motifs is 6. The second-order valence-electron chi connectivity index (χ2n) is 13.0. The topological polar surface area (TPSA) is 14.8 Å². The van der Waals surface area contributed by atoms with Crippen molar-refractivity contribution >= 4 is 60.5 Å². The largest absolute Gasteiger partial charge is 0.309 e. The molecule has 0 spiro atoms. The summed E-state index contributed by atoms with van der Waals surface area (Å²) in [5, 5.41) is 7.42. The maximum Gasteiger partial charge on any atom is 0.0598 e. The molecule has 0 aliphatic heterocycles. The minimum atomic E-state index is 1.07. The van der Waals surface area contributed by atoms with E-state index in [2.05, 4.69) is 191 Å². The Balaban J connectivity index is 1.23. The fraction of sp³-hybridized carbons (Fsp3) is 0.0213. The lowest BCUT2D eigenvalue weighted by Crippen LogP contribution is -2.01. The van der Waals surface area contributed by atoms with Gasteiger partial charge in [0.25, 0.3) is 0 Å². The molecule has 0 bridgehead atoms. The maximum atomic E-state index is 4.43. The summed E-state index contributed by atoms with van der Waals surface area (Å²) in [4.78, 5) is 0. The first-order chi connectivity index (χ1) is 24.7. The lowest BCUT2D eigenvalue weighted by molar-refractivity contribution is 1.09. The van der Waals surface area contributed by atoms with Crippen LogP contribution in [0.5, 0.6) is 0 Å². The van der Waals surface area contributed by atoms with E-state index in [1.54, 1.807) is 0 Å². The second-order valence-corrected chi connectivity index (χ2v) is 13.0. The summed E-state index contributed by atoms with van der Waals surface area (Å²) < 4.78 is 7.21. The van der Waals surface area contributed by atoms with E-state index < -0.39 is 0 Å². The molecule has 0 atom stereocenters. The van der Waals surface area contributed by atoms with Crippen molar-refractivity contribution < 1.29 is 0 Å². The molecule has 0 radical (unpaired) electrons. The van der Waals surface area contributed by atoms with Crippen LogP contribution in [0.25, 0.3) is 88.8 Å². The van der Waals surface area contributed by atoms with E-state index in [0.29, 0.717) is 0 Å². The first kappa shape index (κ1) is 28.4. The minimum Gasteiger partial charge on any atom is -0.309 e. The molecule has 3 nitrogen and oxygen atoms in total. The molecular formula is C47H33N3. The van der Waals surface area contributed by atoms with Crippen molar-refractivity contribution in [3.63, 3.8) is 0 Å². The second kappa shape index (κ2) is 11.0. The molecule has 0 amide bonds. The van der Waals surface area contributed by atoms with E-state index in [0.717, 1.165) is 22.6 Å². The summed E-state index contributed by atoms with van der Waals surface area (Å²) in [7, 11) is 0. The highest BCUT2D eigenvalue weighted by molar-refractivity contribution is 6.10. The number of nitrogens with zero attached hydrogens (tertiary/aromatic N) is 3. The van der Waals surface area contributed by atoms with E-state index >= 15 is 0 Å². The lowest BCUT2D eigenvalue weighted by atomic mass is 10.0. The molecule has 10 rings (SSSR count). The van der Waals surface area contributed by atoms with Crippen LogP contribution in [-0.2, 0) is 0 Å². The van der Waals surface area contributed by atoms with Crippen molar-refractivity contribution in [1.82, 2.24) is 13.7 Å². The number of para-hydroxylation sites is 4. The van der Waals surface area contributed by atoms with Gasteiger partial charge in [-0.05, 0) is 78.5 Å². The summed E-state index contributed by atoms with van der Waals surface area (Å²) in [5.41, 5.74) is 12.9. The zero-order valence-electron chi connectivity index (χ0n) is 27.7. The quantitative estimate of drug-likeness (QED) is 0.178. The molecule has 236 valence electrons. The molecule has 3 heteroatoms. The van der Waals surface area contributed by atoms with Crippen LogP contribution in [0.3, 0.4) is 0 Å². The molecule has 10 aromatic rings. The highest BCUT2D eigenvalue weighted by Crippen LogP contribution is 2.44. The van der Waals surface area contributed by atoms with Gasteiger partial charge in [-0.2, -0.15) is 0 Å². The van der Waals surface area contributed by atoms with E-state index in [9.17, 15) is 0 Å². The van der Waals surface area contributed by atoms with Crippen LogP contribution in [-0.4, -0.2) is 13.7 Å². The Morgan fingerprint density at radius 3 is 1.50 bits per heavy atom. The molecule has 0 unspecified atom stereocenters. The number of hydrogen-bond acceptors (Lipinski definition) is 0. The molecule has 3 aromatic heterocycles. The SMILES string of the molecule is C=Cc1c(-c2c(C)c3ccccc3n2-c2cccc3ccccc23)c2ccccc2n1-c1ccc(-n2c3ccccc3c3ccccc32)cc1. The smallest absolute Gasteiger partial charge is 0.0598 e. The Morgan fingerprint density at radius 2 is 0.880 bits per heavy atom. The molecule has 7 aromatic carbocycles. The van der Waals surface area contributed by atoms with Crippen LogP contribution in [0.15, 0.2) is 170 Å². The summed E-state index contributed by atoms with van der Waals surface area (Å²) in [5.74, 6) is 0. The molecule has 0 N–H and O–H groups in total. The highest BCUT2D eigenvalue weighted by Gasteiger charge is 2.25. The van der Waals surface area contributed by atoms with Gasteiger partial charge in [-0.3, -0.25) is 0 Å². The molecule has 0 fully saturated rings. The minimum absolute atomic E-state index is 1.07. The van der Waals surface area contributed by atoms with Crippen molar-refractivity contribution in [2.45, 2.75) is 6.92 Å². The lowest BCUT2D eigenvalue weighted by Gasteiger charge is -2.16. The van der Waals surface area contributed by atoms with Gasteiger partial charge in [0.15, 0.2) is 0 Å². The molecule has 0 saturated carbocycles. The van der Waals surface area contributed by atoms with E-state index in [-0.39, 0.29) is 0 Å². The number of aromatic nitrogens is 3. The average Bonchev–Trinajstić information content (AvgIpc) is 3.79. The summed E-state index contributed by atoms with van der Waals surface area (Å²) in [6.07, 6.45) is 2.03. The van der Waals surface area contributed by atoms with Gasteiger partial charge in [-0.1, -0.05) is 116 Å². The van der Waals surface area contributed by atoms with Crippen LogP contribution in [0, 0.1) is 6.92 Å². The third-order valence-corrected chi connectivity index (χ3v) is 10.4. The maximum absolute atomic E-state index is 4.43. The normalized spacial score (nSPS) is 11.8. The van der Waals surface area contributed by atoms with Crippen LogP contribution in [0.2, 0.25) is 0 Å². The van der Waals surface area contributed by atoms with Gasteiger partial charge in [-0.15, -0.1) is 0 Å².